The molecule has 0 amide bonds. The van der Waals surface area contributed by atoms with Gasteiger partial charge in [0, 0.05) is 6.42 Å². The average molecular weight is 195 g/mol. The SMILES string of the molecule is CCCc1nc(C2(N)CC(C)C2)no1. The van der Waals surface area contributed by atoms with Gasteiger partial charge in [0.25, 0.3) is 0 Å². The van der Waals surface area contributed by atoms with Crippen LogP contribution in [0.1, 0.15) is 44.8 Å². The lowest BCUT2D eigenvalue weighted by Gasteiger charge is -2.40. The number of rotatable bonds is 3. The first-order valence-electron chi connectivity index (χ1n) is 5.26. The molecule has 0 atom stereocenters. The summed E-state index contributed by atoms with van der Waals surface area (Å²) in [5.41, 5.74) is 5.83. The zero-order valence-electron chi connectivity index (χ0n) is 8.79. The van der Waals surface area contributed by atoms with Gasteiger partial charge in [-0.15, -0.1) is 0 Å². The lowest BCUT2D eigenvalue weighted by molar-refractivity contribution is 0.149. The number of aryl methyl sites for hydroxylation is 1. The Morgan fingerprint density at radius 1 is 1.57 bits per heavy atom. The predicted molar refractivity (Wildman–Crippen MR) is 52.6 cm³/mol. The molecule has 1 aliphatic rings. The van der Waals surface area contributed by atoms with Crippen LogP contribution in [0, 0.1) is 5.92 Å². The fourth-order valence-corrected chi connectivity index (χ4v) is 2.14. The molecule has 1 saturated carbocycles. The van der Waals surface area contributed by atoms with E-state index >= 15 is 0 Å². The maximum absolute atomic E-state index is 6.14. The second-order valence-corrected chi connectivity index (χ2v) is 4.43. The molecule has 1 aromatic heterocycles. The minimum absolute atomic E-state index is 0.311. The summed E-state index contributed by atoms with van der Waals surface area (Å²) in [6.45, 7) is 4.28. The third kappa shape index (κ3) is 1.54. The van der Waals surface area contributed by atoms with Crippen molar-refractivity contribution in [3.63, 3.8) is 0 Å². The highest BCUT2D eigenvalue weighted by Crippen LogP contribution is 2.41. The van der Waals surface area contributed by atoms with Crippen LogP contribution in [0.15, 0.2) is 4.52 Å². The Morgan fingerprint density at radius 2 is 2.29 bits per heavy atom. The first kappa shape index (κ1) is 9.65. The minimum atomic E-state index is -0.311. The Labute approximate surface area is 83.9 Å². The number of hydrogen-bond acceptors (Lipinski definition) is 4. The Bertz CT molecular complexity index is 315. The molecule has 1 aliphatic carbocycles. The maximum atomic E-state index is 6.14. The van der Waals surface area contributed by atoms with E-state index in [1.54, 1.807) is 0 Å². The summed E-state index contributed by atoms with van der Waals surface area (Å²) >= 11 is 0. The van der Waals surface area contributed by atoms with Gasteiger partial charge in [-0.3, -0.25) is 0 Å². The van der Waals surface area contributed by atoms with Crippen molar-refractivity contribution in [2.75, 3.05) is 0 Å². The van der Waals surface area contributed by atoms with E-state index in [0.717, 1.165) is 25.7 Å². The average Bonchev–Trinajstić information content (AvgIpc) is 2.51. The largest absolute Gasteiger partial charge is 0.339 e. The molecule has 0 bridgehead atoms. The van der Waals surface area contributed by atoms with E-state index in [4.69, 9.17) is 10.3 Å². The molecule has 0 spiro atoms. The third-order valence-corrected chi connectivity index (χ3v) is 2.80. The number of aromatic nitrogens is 2. The van der Waals surface area contributed by atoms with Crippen LogP contribution in [0.25, 0.3) is 0 Å². The molecule has 2 rings (SSSR count). The number of nitrogens with two attached hydrogens (primary N) is 1. The van der Waals surface area contributed by atoms with Crippen molar-refractivity contribution in [1.29, 1.82) is 0 Å². The van der Waals surface area contributed by atoms with E-state index in [-0.39, 0.29) is 5.54 Å². The number of nitrogens with zero attached hydrogens (tertiary/aromatic N) is 2. The highest BCUT2D eigenvalue weighted by molar-refractivity contribution is 5.10. The molecule has 0 unspecified atom stereocenters. The van der Waals surface area contributed by atoms with Gasteiger partial charge < -0.3 is 10.3 Å². The molecule has 1 fully saturated rings. The van der Waals surface area contributed by atoms with Gasteiger partial charge in [-0.05, 0) is 25.2 Å². The van der Waals surface area contributed by atoms with Crippen LogP contribution in [-0.4, -0.2) is 10.1 Å². The van der Waals surface area contributed by atoms with Crippen LogP contribution >= 0.6 is 0 Å². The predicted octanol–water partition coefficient (Wildman–Crippen LogP) is 1.61. The maximum Gasteiger partial charge on any atom is 0.226 e. The van der Waals surface area contributed by atoms with Gasteiger partial charge in [0.15, 0.2) is 5.82 Å². The Hall–Kier alpha value is -0.900. The molecule has 1 heterocycles. The second-order valence-electron chi connectivity index (χ2n) is 4.43. The minimum Gasteiger partial charge on any atom is -0.339 e. The van der Waals surface area contributed by atoms with Gasteiger partial charge in [0.05, 0.1) is 5.54 Å². The smallest absolute Gasteiger partial charge is 0.226 e. The zero-order chi connectivity index (χ0) is 10.2. The first-order valence-corrected chi connectivity index (χ1v) is 5.26. The Kier molecular flexibility index (Phi) is 2.31. The topological polar surface area (TPSA) is 64.9 Å². The van der Waals surface area contributed by atoms with Crippen molar-refractivity contribution < 1.29 is 4.52 Å². The summed E-state index contributed by atoms with van der Waals surface area (Å²) < 4.78 is 5.12. The van der Waals surface area contributed by atoms with Crippen molar-refractivity contribution in [2.24, 2.45) is 11.7 Å². The summed E-state index contributed by atoms with van der Waals surface area (Å²) in [6, 6.07) is 0. The van der Waals surface area contributed by atoms with E-state index in [1.807, 2.05) is 0 Å². The molecule has 0 saturated heterocycles. The fraction of sp³-hybridized carbons (Fsp3) is 0.800. The molecule has 2 N–H and O–H groups in total. The van der Waals surface area contributed by atoms with Crippen LogP contribution in [0.4, 0.5) is 0 Å². The highest BCUT2D eigenvalue weighted by Gasteiger charge is 2.43. The van der Waals surface area contributed by atoms with Crippen LogP contribution in [0.2, 0.25) is 0 Å². The summed E-state index contributed by atoms with van der Waals surface area (Å²) in [6.07, 6.45) is 3.81. The van der Waals surface area contributed by atoms with Gasteiger partial charge in [0.2, 0.25) is 5.89 Å². The van der Waals surface area contributed by atoms with E-state index in [1.165, 1.54) is 0 Å². The fourth-order valence-electron chi connectivity index (χ4n) is 2.14. The van der Waals surface area contributed by atoms with E-state index in [0.29, 0.717) is 17.6 Å². The van der Waals surface area contributed by atoms with Crippen LogP contribution in [0.3, 0.4) is 0 Å². The molecular formula is C10H17N3O. The van der Waals surface area contributed by atoms with E-state index < -0.39 is 0 Å². The van der Waals surface area contributed by atoms with Crippen molar-refractivity contribution in [1.82, 2.24) is 10.1 Å². The van der Waals surface area contributed by atoms with Gasteiger partial charge in [-0.1, -0.05) is 19.0 Å². The Balaban J connectivity index is 2.09. The van der Waals surface area contributed by atoms with E-state index in [2.05, 4.69) is 24.0 Å². The van der Waals surface area contributed by atoms with E-state index in [9.17, 15) is 0 Å². The standard InChI is InChI=1S/C10H17N3O/c1-3-4-8-12-9(13-14-8)10(11)5-7(2)6-10/h7H,3-6,11H2,1-2H3. The second kappa shape index (κ2) is 3.35. The summed E-state index contributed by atoms with van der Waals surface area (Å²) in [5, 5.41) is 3.95. The molecule has 0 aromatic carbocycles. The van der Waals surface area contributed by atoms with Crippen LogP contribution < -0.4 is 5.73 Å². The van der Waals surface area contributed by atoms with Crippen molar-refractivity contribution in [3.8, 4) is 0 Å². The molecule has 0 radical (unpaired) electrons. The molecule has 4 nitrogen and oxygen atoms in total. The molecular weight excluding hydrogens is 178 g/mol. The molecule has 4 heteroatoms. The van der Waals surface area contributed by atoms with Crippen LogP contribution in [0.5, 0.6) is 0 Å². The summed E-state index contributed by atoms with van der Waals surface area (Å²) in [7, 11) is 0. The third-order valence-electron chi connectivity index (χ3n) is 2.80. The van der Waals surface area contributed by atoms with Crippen molar-refractivity contribution in [3.05, 3.63) is 11.7 Å². The van der Waals surface area contributed by atoms with Gasteiger partial charge in [-0.2, -0.15) is 4.98 Å². The van der Waals surface area contributed by atoms with Crippen molar-refractivity contribution in [2.45, 2.75) is 45.1 Å². The van der Waals surface area contributed by atoms with Gasteiger partial charge in [0.1, 0.15) is 0 Å². The molecule has 0 aliphatic heterocycles. The highest BCUT2D eigenvalue weighted by atomic mass is 16.5. The summed E-state index contributed by atoms with van der Waals surface area (Å²) in [4.78, 5) is 4.33. The molecule has 14 heavy (non-hydrogen) atoms. The molecule has 1 aromatic rings. The van der Waals surface area contributed by atoms with Crippen LogP contribution in [-0.2, 0) is 12.0 Å². The van der Waals surface area contributed by atoms with Gasteiger partial charge >= 0.3 is 0 Å². The zero-order valence-corrected chi connectivity index (χ0v) is 8.79. The molecule has 78 valence electrons. The summed E-state index contributed by atoms with van der Waals surface area (Å²) in [5.74, 6) is 2.10. The quantitative estimate of drug-likeness (QED) is 0.795. The van der Waals surface area contributed by atoms with Crippen molar-refractivity contribution >= 4 is 0 Å². The number of hydrogen-bond donors (Lipinski definition) is 1. The lowest BCUT2D eigenvalue weighted by Crippen LogP contribution is -2.48. The normalized spacial score (nSPS) is 31.5. The van der Waals surface area contributed by atoms with Gasteiger partial charge in [-0.25, -0.2) is 0 Å². The monoisotopic (exact) mass is 195 g/mol. The first-order chi connectivity index (χ1) is 6.64. The lowest BCUT2D eigenvalue weighted by atomic mass is 9.69. The Morgan fingerprint density at radius 3 is 2.86 bits per heavy atom.